The topological polar surface area (TPSA) is 79.2 Å². The van der Waals surface area contributed by atoms with Gasteiger partial charge in [-0.25, -0.2) is 0 Å². The van der Waals surface area contributed by atoms with Crippen LogP contribution in [0, 0.1) is 0 Å². The Hall–Kier alpha value is 0.530. The maximum atomic E-state index is 9.52. The molecule has 1 aliphatic rings. The van der Waals surface area contributed by atoms with E-state index in [9.17, 15) is 10.2 Å². The van der Waals surface area contributed by atoms with Crippen LogP contribution in [-0.4, -0.2) is 57.6 Å². The molecule has 0 aromatic carbocycles. The van der Waals surface area contributed by atoms with Crippen molar-refractivity contribution in [2.24, 2.45) is 0 Å². The average molecular weight is 304 g/mol. The molecule has 1 aliphatic heterocycles. The van der Waals surface area contributed by atoms with Crippen LogP contribution in [0.4, 0.5) is 0 Å². The Bertz CT molecular complexity index is 172. The smallest absolute Gasteiger partial charge is 0.206 e. The molecular formula is C7H13IO5. The summed E-state index contributed by atoms with van der Waals surface area (Å²) < 4.78 is 9.68. The van der Waals surface area contributed by atoms with Crippen molar-refractivity contribution < 1.29 is 24.8 Å². The van der Waals surface area contributed by atoms with E-state index in [1.54, 1.807) is 0 Å². The van der Waals surface area contributed by atoms with Crippen molar-refractivity contribution in [3.8, 4) is 0 Å². The molecule has 0 aliphatic carbocycles. The summed E-state index contributed by atoms with van der Waals surface area (Å²) in [5.74, 6) is -1.20. The average Bonchev–Trinajstić information content (AvgIpc) is 2.16. The first-order valence-corrected chi connectivity index (χ1v) is 5.12. The second kappa shape index (κ2) is 4.37. The van der Waals surface area contributed by atoms with Gasteiger partial charge in [0.25, 0.3) is 0 Å². The van der Waals surface area contributed by atoms with Crippen LogP contribution in [0.2, 0.25) is 0 Å². The zero-order valence-electron chi connectivity index (χ0n) is 7.18. The normalized spacial score (nSPS) is 46.4. The quantitative estimate of drug-likeness (QED) is 0.445. The summed E-state index contributed by atoms with van der Waals surface area (Å²) in [5.41, 5.74) is 0. The van der Waals surface area contributed by atoms with Gasteiger partial charge in [0.1, 0.15) is 6.10 Å². The summed E-state index contributed by atoms with van der Waals surface area (Å²) in [5, 5.41) is 27.8. The van der Waals surface area contributed by atoms with E-state index in [-0.39, 0.29) is 13.2 Å². The van der Waals surface area contributed by atoms with Crippen molar-refractivity contribution in [2.45, 2.75) is 21.9 Å². The van der Waals surface area contributed by atoms with Crippen molar-refractivity contribution >= 4 is 22.6 Å². The lowest BCUT2D eigenvalue weighted by atomic mass is 10.0. The number of hydrogen-bond donors (Lipinski definition) is 3. The predicted molar refractivity (Wildman–Crippen MR) is 52.6 cm³/mol. The first kappa shape index (κ1) is 11.6. The Morgan fingerprint density at radius 1 is 1.62 bits per heavy atom. The number of alkyl halides is 1. The summed E-state index contributed by atoms with van der Waals surface area (Å²) in [6.45, 7) is -0.379. The number of hydrogen-bond acceptors (Lipinski definition) is 5. The SMILES string of the molecule is COC1(CO)OCC(O)C(O)C1I. The Morgan fingerprint density at radius 2 is 2.23 bits per heavy atom. The number of halogens is 1. The van der Waals surface area contributed by atoms with Crippen LogP contribution in [0.15, 0.2) is 0 Å². The molecule has 0 aromatic rings. The molecule has 0 aromatic heterocycles. The van der Waals surface area contributed by atoms with Gasteiger partial charge in [0.05, 0.1) is 23.2 Å². The van der Waals surface area contributed by atoms with Gasteiger partial charge in [-0.05, 0) is 0 Å². The lowest BCUT2D eigenvalue weighted by Crippen LogP contribution is -2.60. The minimum atomic E-state index is -1.20. The molecule has 1 saturated heterocycles. The van der Waals surface area contributed by atoms with Crippen molar-refractivity contribution in [1.29, 1.82) is 0 Å². The highest BCUT2D eigenvalue weighted by atomic mass is 127. The molecule has 0 spiro atoms. The number of aliphatic hydroxyl groups excluding tert-OH is 3. The van der Waals surface area contributed by atoms with Crippen LogP contribution < -0.4 is 0 Å². The standard InChI is InChI=1S/C7H13IO5/c1-12-7(3-9)6(8)5(11)4(10)2-13-7/h4-6,9-11H,2-3H2,1H3. The van der Waals surface area contributed by atoms with Gasteiger partial charge in [0.15, 0.2) is 0 Å². The monoisotopic (exact) mass is 304 g/mol. The van der Waals surface area contributed by atoms with Gasteiger partial charge >= 0.3 is 0 Å². The van der Waals surface area contributed by atoms with Crippen molar-refractivity contribution in [1.82, 2.24) is 0 Å². The van der Waals surface area contributed by atoms with E-state index in [1.807, 2.05) is 22.6 Å². The van der Waals surface area contributed by atoms with Gasteiger partial charge in [0.2, 0.25) is 5.79 Å². The van der Waals surface area contributed by atoms with Gasteiger partial charge < -0.3 is 24.8 Å². The fourth-order valence-electron chi connectivity index (χ4n) is 1.23. The van der Waals surface area contributed by atoms with Crippen LogP contribution >= 0.6 is 22.6 Å². The molecular weight excluding hydrogens is 291 g/mol. The van der Waals surface area contributed by atoms with Gasteiger partial charge in [0, 0.05) is 7.11 Å². The molecule has 78 valence electrons. The molecule has 6 heteroatoms. The van der Waals surface area contributed by atoms with E-state index in [0.29, 0.717) is 0 Å². The molecule has 0 saturated carbocycles. The highest BCUT2D eigenvalue weighted by Crippen LogP contribution is 2.32. The fraction of sp³-hybridized carbons (Fsp3) is 1.00. The maximum Gasteiger partial charge on any atom is 0.206 e. The Labute approximate surface area is 89.8 Å². The van der Waals surface area contributed by atoms with Gasteiger partial charge in [-0.3, -0.25) is 0 Å². The molecule has 0 amide bonds. The molecule has 4 unspecified atom stereocenters. The molecule has 13 heavy (non-hydrogen) atoms. The summed E-state index contributed by atoms with van der Waals surface area (Å²) in [7, 11) is 1.40. The maximum absolute atomic E-state index is 9.52. The highest BCUT2D eigenvalue weighted by Gasteiger charge is 2.49. The Balaban J connectivity index is 2.77. The molecule has 0 bridgehead atoms. The fourth-order valence-corrected chi connectivity index (χ4v) is 2.34. The minimum Gasteiger partial charge on any atom is -0.391 e. The molecule has 3 N–H and O–H groups in total. The lowest BCUT2D eigenvalue weighted by molar-refractivity contribution is -0.286. The summed E-state index contributed by atoms with van der Waals surface area (Å²) in [6.07, 6.45) is -1.86. The largest absolute Gasteiger partial charge is 0.391 e. The number of methoxy groups -OCH3 is 1. The van der Waals surface area contributed by atoms with Gasteiger partial charge in [-0.1, -0.05) is 22.6 Å². The summed E-state index contributed by atoms with van der Waals surface area (Å²) in [6, 6.07) is 0. The molecule has 5 nitrogen and oxygen atoms in total. The first-order valence-electron chi connectivity index (χ1n) is 3.87. The zero-order valence-corrected chi connectivity index (χ0v) is 9.34. The second-order valence-electron chi connectivity index (χ2n) is 2.94. The number of aliphatic hydroxyl groups is 3. The van der Waals surface area contributed by atoms with E-state index >= 15 is 0 Å². The van der Waals surface area contributed by atoms with Crippen molar-refractivity contribution in [2.75, 3.05) is 20.3 Å². The second-order valence-corrected chi connectivity index (χ2v) is 4.29. The van der Waals surface area contributed by atoms with Crippen LogP contribution in [0.25, 0.3) is 0 Å². The van der Waals surface area contributed by atoms with Gasteiger partial charge in [-0.15, -0.1) is 0 Å². The van der Waals surface area contributed by atoms with E-state index in [1.165, 1.54) is 7.11 Å². The van der Waals surface area contributed by atoms with Gasteiger partial charge in [-0.2, -0.15) is 0 Å². The van der Waals surface area contributed by atoms with E-state index in [2.05, 4.69) is 0 Å². The Kier molecular flexibility index (Phi) is 3.90. The lowest BCUT2D eigenvalue weighted by Gasteiger charge is -2.43. The van der Waals surface area contributed by atoms with E-state index in [0.717, 1.165) is 0 Å². The van der Waals surface area contributed by atoms with Crippen LogP contribution in [0.1, 0.15) is 0 Å². The number of ether oxygens (including phenoxy) is 2. The summed E-state index contributed by atoms with van der Waals surface area (Å²) >= 11 is 1.89. The van der Waals surface area contributed by atoms with E-state index < -0.39 is 21.9 Å². The third kappa shape index (κ3) is 1.97. The third-order valence-electron chi connectivity index (χ3n) is 2.18. The first-order chi connectivity index (χ1) is 6.07. The van der Waals surface area contributed by atoms with Crippen molar-refractivity contribution in [3.05, 3.63) is 0 Å². The van der Waals surface area contributed by atoms with Crippen molar-refractivity contribution in [3.63, 3.8) is 0 Å². The molecule has 1 heterocycles. The zero-order chi connectivity index (χ0) is 10.1. The predicted octanol–water partition coefficient (Wildman–Crippen LogP) is -1.12. The highest BCUT2D eigenvalue weighted by molar-refractivity contribution is 14.1. The Morgan fingerprint density at radius 3 is 2.69 bits per heavy atom. The third-order valence-corrected chi connectivity index (χ3v) is 3.86. The van der Waals surface area contributed by atoms with Crippen LogP contribution in [0.5, 0.6) is 0 Å². The molecule has 1 fully saturated rings. The minimum absolute atomic E-state index is 0.0327. The summed E-state index contributed by atoms with van der Waals surface area (Å²) in [4.78, 5) is 0. The molecule has 0 radical (unpaired) electrons. The molecule has 1 rings (SSSR count). The molecule has 4 atom stereocenters. The van der Waals surface area contributed by atoms with Crippen LogP contribution in [-0.2, 0) is 9.47 Å². The van der Waals surface area contributed by atoms with Crippen LogP contribution in [0.3, 0.4) is 0 Å². The number of rotatable bonds is 2. The van der Waals surface area contributed by atoms with E-state index in [4.69, 9.17) is 14.6 Å².